The number of carbonyl (C=O) groups is 2. The van der Waals surface area contributed by atoms with E-state index in [-0.39, 0.29) is 5.91 Å². The molecule has 8 nitrogen and oxygen atoms in total. The molecule has 29 heavy (non-hydrogen) atoms. The van der Waals surface area contributed by atoms with Crippen LogP contribution < -0.4 is 10.6 Å². The minimum Gasteiger partial charge on any atom is -0.475 e. The first kappa shape index (κ1) is 23.1. The van der Waals surface area contributed by atoms with Gasteiger partial charge in [-0.2, -0.15) is 13.2 Å². The molecule has 1 spiro atoms. The Morgan fingerprint density at radius 3 is 2.41 bits per heavy atom. The largest absolute Gasteiger partial charge is 0.490 e. The summed E-state index contributed by atoms with van der Waals surface area (Å²) in [5.41, 5.74) is 0.327. The highest BCUT2D eigenvalue weighted by molar-refractivity contribution is 5.90. The van der Waals surface area contributed by atoms with Crippen LogP contribution in [-0.4, -0.2) is 57.6 Å². The van der Waals surface area contributed by atoms with Crippen LogP contribution in [0.5, 0.6) is 0 Å². The van der Waals surface area contributed by atoms with Gasteiger partial charge in [0.15, 0.2) is 0 Å². The zero-order valence-corrected chi connectivity index (χ0v) is 16.7. The van der Waals surface area contributed by atoms with E-state index in [9.17, 15) is 18.0 Å². The van der Waals surface area contributed by atoms with Crippen LogP contribution in [0.1, 0.15) is 56.0 Å². The van der Waals surface area contributed by atoms with Gasteiger partial charge >= 0.3 is 12.1 Å². The van der Waals surface area contributed by atoms with Crippen molar-refractivity contribution < 1.29 is 27.9 Å². The molecule has 0 aliphatic carbocycles. The van der Waals surface area contributed by atoms with Crippen LogP contribution in [0.4, 0.5) is 13.2 Å². The average Bonchev–Trinajstić information content (AvgIpc) is 3.04. The number of fused-ring (bicyclic) bond motifs is 1. The van der Waals surface area contributed by atoms with E-state index in [4.69, 9.17) is 9.90 Å². The summed E-state index contributed by atoms with van der Waals surface area (Å²) in [7, 11) is 0. The number of carboxylic acids is 1. The highest BCUT2D eigenvalue weighted by Gasteiger charge is 2.39. The molecule has 11 heteroatoms. The Morgan fingerprint density at radius 1 is 1.24 bits per heavy atom. The second kappa shape index (κ2) is 9.55. The zero-order valence-electron chi connectivity index (χ0n) is 16.7. The van der Waals surface area contributed by atoms with E-state index >= 15 is 0 Å². The minimum absolute atomic E-state index is 0.0783. The number of halogens is 3. The van der Waals surface area contributed by atoms with Gasteiger partial charge < -0.3 is 20.3 Å². The number of rotatable bonds is 4. The van der Waals surface area contributed by atoms with Crippen LogP contribution in [0.15, 0.2) is 0 Å². The molecule has 1 fully saturated rings. The molecule has 3 heterocycles. The number of hydrogen-bond donors (Lipinski definition) is 3. The van der Waals surface area contributed by atoms with E-state index in [0.717, 1.165) is 38.3 Å². The summed E-state index contributed by atoms with van der Waals surface area (Å²) in [6, 6.07) is 0. The molecule has 0 saturated carbocycles. The molecule has 3 rings (SSSR count). The molecule has 1 amide bonds. The second-order valence-corrected chi connectivity index (χ2v) is 8.02. The number of aromatic nitrogens is 3. The Kier molecular flexibility index (Phi) is 7.61. The highest BCUT2D eigenvalue weighted by Crippen LogP contribution is 2.39. The number of hydrogen-bond acceptors (Lipinski definition) is 5. The molecule has 164 valence electrons. The van der Waals surface area contributed by atoms with Crippen LogP contribution in [0.2, 0.25) is 0 Å². The van der Waals surface area contributed by atoms with E-state index in [2.05, 4.69) is 39.2 Å². The molecule has 0 aromatic carbocycles. The van der Waals surface area contributed by atoms with Gasteiger partial charge in [0.05, 0.1) is 0 Å². The summed E-state index contributed by atoms with van der Waals surface area (Å²) in [6.07, 6.45) is 0.369. The third-order valence-corrected chi connectivity index (χ3v) is 5.32. The Morgan fingerprint density at radius 2 is 1.86 bits per heavy atom. The van der Waals surface area contributed by atoms with Crippen molar-refractivity contribution in [1.29, 1.82) is 0 Å². The van der Waals surface area contributed by atoms with Crippen molar-refractivity contribution in [2.24, 2.45) is 11.3 Å². The maximum atomic E-state index is 12.4. The first-order valence-corrected chi connectivity index (χ1v) is 9.75. The summed E-state index contributed by atoms with van der Waals surface area (Å²) < 4.78 is 33.8. The maximum Gasteiger partial charge on any atom is 0.490 e. The Bertz CT molecular complexity index is 712. The molecule has 1 saturated heterocycles. The van der Waals surface area contributed by atoms with Crippen molar-refractivity contribution in [1.82, 2.24) is 25.4 Å². The molecule has 1 aromatic rings. The SMILES string of the molecule is CC(C)CCNC(=O)c1nnc2n1CC1(CCNCC1)CC2.O=C(O)C(F)(F)F. The van der Waals surface area contributed by atoms with Gasteiger partial charge in [-0.15, -0.1) is 10.2 Å². The van der Waals surface area contributed by atoms with Gasteiger partial charge in [0.25, 0.3) is 5.91 Å². The van der Waals surface area contributed by atoms with Gasteiger partial charge in [-0.25, -0.2) is 4.79 Å². The molecule has 0 radical (unpaired) electrons. The van der Waals surface area contributed by atoms with Crippen molar-refractivity contribution in [2.45, 2.75) is 58.7 Å². The number of nitrogens with zero attached hydrogens (tertiary/aromatic N) is 3. The predicted octanol–water partition coefficient (Wildman–Crippen LogP) is 2.00. The van der Waals surface area contributed by atoms with E-state index in [1.54, 1.807) is 0 Å². The standard InChI is InChI=1S/C16H27N5O.C2HF3O2/c1-12(2)4-8-18-15(22)14-20-19-13-3-5-16(11-21(13)14)6-9-17-10-7-16;3-2(4,5)1(6)7/h12,17H,3-11H2,1-2H3,(H,18,22);(H,6,7). The lowest BCUT2D eigenvalue weighted by atomic mass is 9.73. The molecule has 2 aliphatic heterocycles. The fraction of sp³-hybridized carbons (Fsp3) is 0.778. The van der Waals surface area contributed by atoms with Crippen LogP contribution in [0.3, 0.4) is 0 Å². The third-order valence-electron chi connectivity index (χ3n) is 5.32. The third kappa shape index (κ3) is 6.41. The Labute approximate surface area is 167 Å². The van der Waals surface area contributed by atoms with Gasteiger partial charge in [-0.3, -0.25) is 4.79 Å². The second-order valence-electron chi connectivity index (χ2n) is 8.02. The molecule has 0 unspecified atom stereocenters. The molecular weight excluding hydrogens is 391 g/mol. The lowest BCUT2D eigenvalue weighted by molar-refractivity contribution is -0.192. The number of aryl methyl sites for hydroxylation is 1. The molecular formula is C18H28F3N5O3. The number of alkyl halides is 3. The molecule has 0 bridgehead atoms. The summed E-state index contributed by atoms with van der Waals surface area (Å²) in [5, 5.41) is 21.9. The predicted molar refractivity (Wildman–Crippen MR) is 98.4 cm³/mol. The Hall–Kier alpha value is -2.17. The summed E-state index contributed by atoms with van der Waals surface area (Å²) >= 11 is 0. The monoisotopic (exact) mass is 419 g/mol. The molecule has 3 N–H and O–H groups in total. The topological polar surface area (TPSA) is 109 Å². The molecule has 1 aromatic heterocycles. The van der Waals surface area contributed by atoms with Crippen molar-refractivity contribution >= 4 is 11.9 Å². The van der Waals surface area contributed by atoms with Gasteiger partial charge in [-0.05, 0) is 50.1 Å². The van der Waals surface area contributed by atoms with Crippen LogP contribution in [-0.2, 0) is 17.8 Å². The molecule has 2 aliphatic rings. The number of piperidine rings is 1. The first-order chi connectivity index (χ1) is 13.5. The van der Waals surface area contributed by atoms with Crippen molar-refractivity contribution in [2.75, 3.05) is 19.6 Å². The van der Waals surface area contributed by atoms with Crippen molar-refractivity contribution in [3.05, 3.63) is 11.6 Å². The zero-order chi connectivity index (χ0) is 21.7. The minimum atomic E-state index is -5.08. The van der Waals surface area contributed by atoms with Gasteiger partial charge in [0, 0.05) is 19.5 Å². The highest BCUT2D eigenvalue weighted by atomic mass is 19.4. The van der Waals surface area contributed by atoms with E-state index in [1.807, 2.05) is 0 Å². The fourth-order valence-electron chi connectivity index (χ4n) is 3.56. The number of aliphatic carboxylic acids is 1. The normalized spacial score (nSPS) is 18.0. The fourth-order valence-corrected chi connectivity index (χ4v) is 3.56. The lowest BCUT2D eigenvalue weighted by Crippen LogP contribution is -2.43. The smallest absolute Gasteiger partial charge is 0.475 e. The van der Waals surface area contributed by atoms with E-state index < -0.39 is 12.1 Å². The van der Waals surface area contributed by atoms with Crippen LogP contribution >= 0.6 is 0 Å². The van der Waals surface area contributed by atoms with Crippen molar-refractivity contribution in [3.8, 4) is 0 Å². The van der Waals surface area contributed by atoms with Gasteiger partial charge in [-0.1, -0.05) is 13.8 Å². The van der Waals surface area contributed by atoms with Crippen LogP contribution in [0, 0.1) is 11.3 Å². The van der Waals surface area contributed by atoms with Crippen molar-refractivity contribution in [3.63, 3.8) is 0 Å². The summed E-state index contributed by atoms with van der Waals surface area (Å²) in [6.45, 7) is 8.07. The number of carbonyl (C=O) groups excluding carboxylic acids is 1. The number of carboxylic acid groups (broad SMARTS) is 1. The first-order valence-electron chi connectivity index (χ1n) is 9.75. The Balaban J connectivity index is 0.000000370. The van der Waals surface area contributed by atoms with Gasteiger partial charge in [0.1, 0.15) is 5.82 Å². The number of amides is 1. The van der Waals surface area contributed by atoms with E-state index in [0.29, 0.717) is 23.7 Å². The molecule has 0 atom stereocenters. The maximum absolute atomic E-state index is 12.4. The van der Waals surface area contributed by atoms with Gasteiger partial charge in [0.2, 0.25) is 5.82 Å². The lowest BCUT2D eigenvalue weighted by Gasteiger charge is -2.41. The number of nitrogens with one attached hydrogen (secondary N) is 2. The summed E-state index contributed by atoms with van der Waals surface area (Å²) in [4.78, 5) is 21.3. The quantitative estimate of drug-likeness (QED) is 0.689. The summed E-state index contributed by atoms with van der Waals surface area (Å²) in [5.74, 6) is -0.780. The average molecular weight is 419 g/mol. The van der Waals surface area contributed by atoms with E-state index in [1.165, 1.54) is 19.3 Å². The van der Waals surface area contributed by atoms with Crippen LogP contribution in [0.25, 0.3) is 0 Å².